The molecule has 30 heavy (non-hydrogen) atoms. The molecule has 0 saturated carbocycles. The Hall–Kier alpha value is -3.35. The van der Waals surface area contributed by atoms with Gasteiger partial charge in [-0.25, -0.2) is 9.07 Å². The molecule has 0 bridgehead atoms. The Morgan fingerprint density at radius 1 is 1.17 bits per heavy atom. The SMILES string of the molecule is CCOc1ccc(C(C)NC(=O)c2cnn(-c3ccc(F)cc3)c2CC)cc1OC. The van der Waals surface area contributed by atoms with Gasteiger partial charge in [-0.15, -0.1) is 0 Å². The maximum absolute atomic E-state index is 13.2. The standard InChI is InChI=1S/C23H26FN3O3/c1-5-20-19(14-25-27(20)18-10-8-17(24)9-11-18)23(28)26-15(3)16-7-12-21(30-6-2)22(13-16)29-4/h7-15H,5-6H2,1-4H3,(H,26,28). The molecule has 1 N–H and O–H groups in total. The summed E-state index contributed by atoms with van der Waals surface area (Å²) in [5.74, 6) is 0.743. The van der Waals surface area contributed by atoms with Crippen molar-refractivity contribution in [2.75, 3.05) is 13.7 Å². The van der Waals surface area contributed by atoms with E-state index < -0.39 is 0 Å². The minimum absolute atomic E-state index is 0.222. The van der Waals surface area contributed by atoms with Crippen LogP contribution in [0.5, 0.6) is 11.5 Å². The fourth-order valence-corrected chi connectivity index (χ4v) is 3.29. The largest absolute Gasteiger partial charge is 0.493 e. The lowest BCUT2D eigenvalue weighted by Gasteiger charge is -2.17. The fourth-order valence-electron chi connectivity index (χ4n) is 3.29. The average Bonchev–Trinajstić information content (AvgIpc) is 3.19. The van der Waals surface area contributed by atoms with E-state index in [0.717, 1.165) is 11.3 Å². The van der Waals surface area contributed by atoms with Gasteiger partial charge in [0.2, 0.25) is 0 Å². The molecule has 158 valence electrons. The topological polar surface area (TPSA) is 65.4 Å². The van der Waals surface area contributed by atoms with Crippen LogP contribution in [-0.4, -0.2) is 29.4 Å². The lowest BCUT2D eigenvalue weighted by atomic mass is 10.1. The van der Waals surface area contributed by atoms with E-state index in [2.05, 4.69) is 10.4 Å². The van der Waals surface area contributed by atoms with Gasteiger partial charge in [-0.2, -0.15) is 5.10 Å². The number of hydrogen-bond donors (Lipinski definition) is 1. The molecule has 0 aliphatic carbocycles. The van der Waals surface area contributed by atoms with Gasteiger partial charge in [0.05, 0.1) is 42.9 Å². The Kier molecular flexibility index (Phi) is 6.72. The number of carbonyl (C=O) groups is 1. The van der Waals surface area contributed by atoms with Crippen molar-refractivity contribution < 1.29 is 18.7 Å². The lowest BCUT2D eigenvalue weighted by molar-refractivity contribution is 0.0939. The average molecular weight is 411 g/mol. The van der Waals surface area contributed by atoms with Crippen molar-refractivity contribution in [2.24, 2.45) is 0 Å². The first-order valence-electron chi connectivity index (χ1n) is 9.92. The van der Waals surface area contributed by atoms with Crippen LogP contribution < -0.4 is 14.8 Å². The second-order valence-electron chi connectivity index (χ2n) is 6.79. The highest BCUT2D eigenvalue weighted by molar-refractivity contribution is 5.95. The van der Waals surface area contributed by atoms with E-state index in [9.17, 15) is 9.18 Å². The van der Waals surface area contributed by atoms with Crippen molar-refractivity contribution in [3.63, 3.8) is 0 Å². The lowest BCUT2D eigenvalue weighted by Crippen LogP contribution is -2.27. The van der Waals surface area contributed by atoms with Gasteiger partial charge >= 0.3 is 0 Å². The first-order chi connectivity index (χ1) is 14.5. The zero-order valence-electron chi connectivity index (χ0n) is 17.6. The number of methoxy groups -OCH3 is 1. The number of ether oxygens (including phenoxy) is 2. The summed E-state index contributed by atoms with van der Waals surface area (Å²) in [5, 5.41) is 7.36. The van der Waals surface area contributed by atoms with Crippen LogP contribution >= 0.6 is 0 Å². The van der Waals surface area contributed by atoms with Crippen molar-refractivity contribution in [3.05, 3.63) is 71.3 Å². The molecule has 3 rings (SSSR count). The predicted octanol–water partition coefficient (Wildman–Crippen LogP) is 4.47. The number of benzene rings is 2. The molecule has 1 aromatic heterocycles. The summed E-state index contributed by atoms with van der Waals surface area (Å²) < 4.78 is 25.8. The highest BCUT2D eigenvalue weighted by Crippen LogP contribution is 2.30. The molecule has 7 heteroatoms. The number of aromatic nitrogens is 2. The van der Waals surface area contributed by atoms with Gasteiger partial charge in [0.1, 0.15) is 5.82 Å². The molecule has 2 aromatic carbocycles. The second kappa shape index (κ2) is 9.43. The van der Waals surface area contributed by atoms with Crippen molar-refractivity contribution in [2.45, 2.75) is 33.2 Å². The van der Waals surface area contributed by atoms with E-state index >= 15 is 0 Å². The van der Waals surface area contributed by atoms with Gasteiger partial charge in [0.25, 0.3) is 5.91 Å². The minimum atomic E-state index is -0.318. The maximum atomic E-state index is 13.2. The molecule has 0 radical (unpaired) electrons. The van der Waals surface area contributed by atoms with Crippen molar-refractivity contribution in [1.29, 1.82) is 0 Å². The summed E-state index contributed by atoms with van der Waals surface area (Å²) in [4.78, 5) is 13.0. The number of halogens is 1. The van der Waals surface area contributed by atoms with E-state index in [-0.39, 0.29) is 17.8 Å². The summed E-state index contributed by atoms with van der Waals surface area (Å²) in [7, 11) is 1.59. The van der Waals surface area contributed by atoms with Crippen molar-refractivity contribution in [1.82, 2.24) is 15.1 Å². The monoisotopic (exact) mass is 411 g/mol. The van der Waals surface area contributed by atoms with Crippen LogP contribution in [0.25, 0.3) is 5.69 Å². The van der Waals surface area contributed by atoms with Crippen molar-refractivity contribution >= 4 is 5.91 Å². The number of nitrogens with zero attached hydrogens (tertiary/aromatic N) is 2. The number of rotatable bonds is 8. The molecule has 0 spiro atoms. The van der Waals surface area contributed by atoms with Crippen LogP contribution in [0.1, 0.15) is 48.4 Å². The summed E-state index contributed by atoms with van der Waals surface area (Å²) in [6.07, 6.45) is 2.15. The van der Waals surface area contributed by atoms with Gasteiger partial charge in [0.15, 0.2) is 11.5 Å². The Morgan fingerprint density at radius 2 is 1.90 bits per heavy atom. The molecular formula is C23H26FN3O3. The van der Waals surface area contributed by atoms with Crippen LogP contribution in [0.2, 0.25) is 0 Å². The molecule has 3 aromatic rings. The van der Waals surface area contributed by atoms with Crippen molar-refractivity contribution in [3.8, 4) is 17.2 Å². The number of nitrogens with one attached hydrogen (secondary N) is 1. The molecule has 1 atom stereocenters. The number of carbonyl (C=O) groups excluding carboxylic acids is 1. The molecular weight excluding hydrogens is 385 g/mol. The smallest absolute Gasteiger partial charge is 0.255 e. The summed E-state index contributed by atoms with van der Waals surface area (Å²) in [5.41, 5.74) is 2.85. The van der Waals surface area contributed by atoms with E-state index in [1.807, 2.05) is 39.0 Å². The van der Waals surface area contributed by atoms with Gasteiger partial charge in [-0.3, -0.25) is 4.79 Å². The van der Waals surface area contributed by atoms with Gasteiger partial charge in [-0.05, 0) is 62.2 Å². The Morgan fingerprint density at radius 3 is 2.53 bits per heavy atom. The highest BCUT2D eigenvalue weighted by Gasteiger charge is 2.20. The summed E-state index contributed by atoms with van der Waals surface area (Å²) in [6, 6.07) is 11.4. The van der Waals surface area contributed by atoms with E-state index in [0.29, 0.717) is 35.8 Å². The van der Waals surface area contributed by atoms with E-state index in [1.165, 1.54) is 12.1 Å². The predicted molar refractivity (Wildman–Crippen MR) is 113 cm³/mol. The normalized spacial score (nSPS) is 11.8. The van der Waals surface area contributed by atoms with Gasteiger partial charge in [0, 0.05) is 0 Å². The summed E-state index contributed by atoms with van der Waals surface area (Å²) in [6.45, 7) is 6.31. The zero-order valence-corrected chi connectivity index (χ0v) is 17.6. The Bertz CT molecular complexity index is 1020. The van der Waals surface area contributed by atoms with Crippen LogP contribution in [0.15, 0.2) is 48.7 Å². The van der Waals surface area contributed by atoms with Crippen LogP contribution in [0.3, 0.4) is 0 Å². The number of hydrogen-bond acceptors (Lipinski definition) is 4. The second-order valence-corrected chi connectivity index (χ2v) is 6.79. The van der Waals surface area contributed by atoms with E-state index in [4.69, 9.17) is 9.47 Å². The summed E-state index contributed by atoms with van der Waals surface area (Å²) >= 11 is 0. The van der Waals surface area contributed by atoms with Crippen LogP contribution in [-0.2, 0) is 6.42 Å². The third-order valence-electron chi connectivity index (χ3n) is 4.85. The van der Waals surface area contributed by atoms with Gasteiger partial charge < -0.3 is 14.8 Å². The zero-order chi connectivity index (χ0) is 21.7. The molecule has 0 fully saturated rings. The fraction of sp³-hybridized carbons (Fsp3) is 0.304. The third kappa shape index (κ3) is 4.45. The molecule has 1 unspecified atom stereocenters. The Labute approximate surface area is 175 Å². The highest BCUT2D eigenvalue weighted by atomic mass is 19.1. The maximum Gasteiger partial charge on any atom is 0.255 e. The first kappa shape index (κ1) is 21.4. The molecule has 0 aliphatic heterocycles. The van der Waals surface area contributed by atoms with Crippen LogP contribution in [0, 0.1) is 5.82 Å². The van der Waals surface area contributed by atoms with Crippen LogP contribution in [0.4, 0.5) is 4.39 Å². The molecule has 6 nitrogen and oxygen atoms in total. The minimum Gasteiger partial charge on any atom is -0.493 e. The van der Waals surface area contributed by atoms with Gasteiger partial charge in [-0.1, -0.05) is 13.0 Å². The molecule has 0 saturated heterocycles. The third-order valence-corrected chi connectivity index (χ3v) is 4.85. The first-order valence-corrected chi connectivity index (χ1v) is 9.92. The molecule has 0 aliphatic rings. The molecule has 1 amide bonds. The quantitative estimate of drug-likeness (QED) is 0.594. The van der Waals surface area contributed by atoms with E-state index in [1.54, 1.807) is 30.1 Å². The molecule has 1 heterocycles. The number of amides is 1. The Balaban J connectivity index is 1.81.